The molecule has 0 saturated carbocycles. The van der Waals surface area contributed by atoms with Gasteiger partial charge < -0.3 is 10.1 Å². The molecule has 0 bridgehead atoms. The molecule has 1 N–H and O–H groups in total. The Morgan fingerprint density at radius 3 is 2.46 bits per heavy atom. The van der Waals surface area contributed by atoms with Crippen LogP contribution < -0.4 is 10.1 Å². The van der Waals surface area contributed by atoms with Crippen LogP contribution in [0.2, 0.25) is 0 Å². The highest BCUT2D eigenvalue weighted by molar-refractivity contribution is 7.90. The quantitative estimate of drug-likeness (QED) is 0.635. The number of ether oxygens (including phenoxy) is 1. The van der Waals surface area contributed by atoms with E-state index >= 15 is 0 Å². The van der Waals surface area contributed by atoms with E-state index in [1.807, 2.05) is 25.1 Å². The second-order valence-electron chi connectivity index (χ2n) is 5.37. The van der Waals surface area contributed by atoms with Crippen LogP contribution in [0.25, 0.3) is 0 Å². The number of aryl methyl sites for hydroxylation is 1. The number of nitro groups is 1. The molecule has 0 atom stereocenters. The van der Waals surface area contributed by atoms with E-state index < -0.39 is 14.8 Å². The Bertz CT molecular complexity index is 878. The second-order valence-corrected chi connectivity index (χ2v) is 7.35. The first-order valence-electron chi connectivity index (χ1n) is 7.08. The summed E-state index contributed by atoms with van der Waals surface area (Å²) in [6.45, 7) is 2.29. The van der Waals surface area contributed by atoms with Crippen molar-refractivity contribution in [3.63, 3.8) is 0 Å². The van der Waals surface area contributed by atoms with Gasteiger partial charge in [0.15, 0.2) is 9.84 Å². The molecule has 128 valence electrons. The highest BCUT2D eigenvalue weighted by atomic mass is 32.2. The normalized spacial score (nSPS) is 11.1. The highest BCUT2D eigenvalue weighted by Crippen LogP contribution is 2.27. The van der Waals surface area contributed by atoms with Gasteiger partial charge in [0.2, 0.25) is 0 Å². The first kappa shape index (κ1) is 17.7. The van der Waals surface area contributed by atoms with Gasteiger partial charge >= 0.3 is 0 Å². The number of rotatable bonds is 6. The number of methoxy groups -OCH3 is 1. The van der Waals surface area contributed by atoms with Crippen molar-refractivity contribution in [1.82, 2.24) is 0 Å². The molecule has 0 heterocycles. The van der Waals surface area contributed by atoms with Crippen molar-refractivity contribution in [2.24, 2.45) is 0 Å². The lowest BCUT2D eigenvalue weighted by molar-refractivity contribution is -0.385. The average Bonchev–Trinajstić information content (AvgIpc) is 2.52. The molecule has 24 heavy (non-hydrogen) atoms. The standard InChI is InChI=1S/C16H18N2O5S/c1-11-8-12(4-7-15(11)23-2)10-17-14-6-5-13(18(19)20)9-16(14)24(3,21)22/h4-9,17H,10H2,1-3H3. The van der Waals surface area contributed by atoms with Crippen molar-refractivity contribution in [2.45, 2.75) is 18.4 Å². The fourth-order valence-electron chi connectivity index (χ4n) is 2.33. The van der Waals surface area contributed by atoms with Crippen LogP contribution >= 0.6 is 0 Å². The molecule has 2 rings (SSSR count). The number of hydrogen-bond donors (Lipinski definition) is 1. The van der Waals surface area contributed by atoms with E-state index in [0.29, 0.717) is 12.2 Å². The summed E-state index contributed by atoms with van der Waals surface area (Å²) in [5, 5.41) is 13.9. The van der Waals surface area contributed by atoms with Crippen molar-refractivity contribution in [3.05, 3.63) is 57.6 Å². The molecular formula is C16H18N2O5S. The Hall–Kier alpha value is -2.61. The van der Waals surface area contributed by atoms with Crippen molar-refractivity contribution < 1.29 is 18.1 Å². The summed E-state index contributed by atoms with van der Waals surface area (Å²) in [6.07, 6.45) is 1.02. The molecule has 2 aromatic carbocycles. The Kier molecular flexibility index (Phi) is 5.08. The summed E-state index contributed by atoms with van der Waals surface area (Å²) in [4.78, 5) is 10.1. The molecular weight excluding hydrogens is 332 g/mol. The van der Waals surface area contributed by atoms with E-state index in [0.717, 1.165) is 29.2 Å². The number of nitro benzene ring substituents is 1. The minimum atomic E-state index is -3.60. The molecule has 0 aliphatic heterocycles. The van der Waals surface area contributed by atoms with E-state index in [2.05, 4.69) is 5.32 Å². The predicted octanol–water partition coefficient (Wildman–Crippen LogP) is 2.93. The lowest BCUT2D eigenvalue weighted by Crippen LogP contribution is -2.07. The van der Waals surface area contributed by atoms with Gasteiger partial charge in [0.25, 0.3) is 5.69 Å². The SMILES string of the molecule is COc1ccc(CNc2ccc([N+](=O)[O-])cc2S(C)(=O)=O)cc1C. The lowest BCUT2D eigenvalue weighted by Gasteiger charge is -2.12. The first-order valence-corrected chi connectivity index (χ1v) is 8.97. The maximum absolute atomic E-state index is 11.9. The number of sulfone groups is 1. The van der Waals surface area contributed by atoms with Crippen LogP contribution in [0.3, 0.4) is 0 Å². The molecule has 2 aromatic rings. The van der Waals surface area contributed by atoms with Gasteiger partial charge in [-0.05, 0) is 30.2 Å². The van der Waals surface area contributed by atoms with Gasteiger partial charge in [-0.15, -0.1) is 0 Å². The molecule has 0 aliphatic carbocycles. The number of non-ortho nitro benzene ring substituents is 1. The zero-order valence-corrected chi connectivity index (χ0v) is 14.4. The molecule has 0 unspecified atom stereocenters. The van der Waals surface area contributed by atoms with Gasteiger partial charge in [-0.3, -0.25) is 10.1 Å². The van der Waals surface area contributed by atoms with Gasteiger partial charge in [-0.2, -0.15) is 0 Å². The molecule has 0 aromatic heterocycles. The van der Waals surface area contributed by atoms with Gasteiger partial charge in [0, 0.05) is 24.9 Å². The molecule has 0 fully saturated rings. The topological polar surface area (TPSA) is 98.5 Å². The summed E-state index contributed by atoms with van der Waals surface area (Å²) in [5.41, 5.74) is 1.97. The van der Waals surface area contributed by atoms with Crippen LogP contribution in [-0.4, -0.2) is 26.7 Å². The highest BCUT2D eigenvalue weighted by Gasteiger charge is 2.18. The predicted molar refractivity (Wildman–Crippen MR) is 91.3 cm³/mol. The third-order valence-electron chi connectivity index (χ3n) is 3.52. The van der Waals surface area contributed by atoms with Crippen LogP contribution in [0.1, 0.15) is 11.1 Å². The molecule has 0 saturated heterocycles. The number of anilines is 1. The molecule has 0 aliphatic rings. The average molecular weight is 350 g/mol. The summed E-state index contributed by atoms with van der Waals surface area (Å²) in [5.74, 6) is 0.769. The van der Waals surface area contributed by atoms with Crippen LogP contribution in [0.4, 0.5) is 11.4 Å². The van der Waals surface area contributed by atoms with E-state index in [1.165, 1.54) is 12.1 Å². The smallest absolute Gasteiger partial charge is 0.270 e. The lowest BCUT2D eigenvalue weighted by atomic mass is 10.1. The summed E-state index contributed by atoms with van der Waals surface area (Å²) in [6, 6.07) is 9.37. The van der Waals surface area contributed by atoms with Crippen molar-refractivity contribution >= 4 is 21.2 Å². The Morgan fingerprint density at radius 2 is 1.92 bits per heavy atom. The summed E-state index contributed by atoms with van der Waals surface area (Å²) in [7, 11) is -2.01. The maximum atomic E-state index is 11.9. The number of nitrogens with one attached hydrogen (secondary N) is 1. The van der Waals surface area contributed by atoms with Crippen LogP contribution in [0.15, 0.2) is 41.3 Å². The number of hydrogen-bond acceptors (Lipinski definition) is 6. The van der Waals surface area contributed by atoms with Crippen molar-refractivity contribution in [3.8, 4) is 5.75 Å². The van der Waals surface area contributed by atoms with Crippen LogP contribution in [0.5, 0.6) is 5.75 Å². The van der Waals surface area contributed by atoms with Gasteiger partial charge in [-0.1, -0.05) is 12.1 Å². The number of benzene rings is 2. The fourth-order valence-corrected chi connectivity index (χ4v) is 3.20. The van der Waals surface area contributed by atoms with Crippen molar-refractivity contribution in [1.29, 1.82) is 0 Å². The van der Waals surface area contributed by atoms with E-state index in [9.17, 15) is 18.5 Å². The number of nitrogens with zero attached hydrogens (tertiary/aromatic N) is 1. The molecule has 0 radical (unpaired) electrons. The second kappa shape index (κ2) is 6.88. The third-order valence-corrected chi connectivity index (χ3v) is 4.65. The first-order chi connectivity index (χ1) is 11.2. The molecule has 0 amide bonds. The van der Waals surface area contributed by atoms with Gasteiger partial charge in [0.05, 0.1) is 22.6 Å². The Balaban J connectivity index is 2.29. The van der Waals surface area contributed by atoms with E-state index in [1.54, 1.807) is 7.11 Å². The van der Waals surface area contributed by atoms with Crippen LogP contribution in [-0.2, 0) is 16.4 Å². The monoisotopic (exact) mass is 350 g/mol. The van der Waals surface area contributed by atoms with E-state index in [4.69, 9.17) is 4.74 Å². The van der Waals surface area contributed by atoms with Crippen molar-refractivity contribution in [2.75, 3.05) is 18.7 Å². The Labute approximate surface area is 140 Å². The molecule has 8 heteroatoms. The van der Waals surface area contributed by atoms with Crippen LogP contribution in [0, 0.1) is 17.0 Å². The summed E-state index contributed by atoms with van der Waals surface area (Å²) < 4.78 is 29.0. The zero-order chi connectivity index (χ0) is 17.9. The minimum Gasteiger partial charge on any atom is -0.496 e. The maximum Gasteiger partial charge on any atom is 0.270 e. The molecule has 0 spiro atoms. The van der Waals surface area contributed by atoms with Gasteiger partial charge in [0.1, 0.15) is 5.75 Å². The third kappa shape index (κ3) is 4.02. The Morgan fingerprint density at radius 1 is 1.21 bits per heavy atom. The zero-order valence-electron chi connectivity index (χ0n) is 13.6. The summed E-state index contributed by atoms with van der Waals surface area (Å²) >= 11 is 0. The van der Waals surface area contributed by atoms with E-state index in [-0.39, 0.29) is 10.6 Å². The minimum absolute atomic E-state index is 0.0954. The largest absolute Gasteiger partial charge is 0.496 e. The van der Waals surface area contributed by atoms with Gasteiger partial charge in [-0.25, -0.2) is 8.42 Å². The fraction of sp³-hybridized carbons (Fsp3) is 0.250. The molecule has 7 nitrogen and oxygen atoms in total.